The summed E-state index contributed by atoms with van der Waals surface area (Å²) in [6.45, 7) is 9.91. The number of amides is 1. The summed E-state index contributed by atoms with van der Waals surface area (Å²) in [4.78, 5) is 26.6. The van der Waals surface area contributed by atoms with Gasteiger partial charge in [-0.05, 0) is 76.2 Å². The van der Waals surface area contributed by atoms with Gasteiger partial charge in [0, 0.05) is 43.0 Å². The highest BCUT2D eigenvalue weighted by molar-refractivity contribution is 6.06. The molecular formula is C31H36N8O3. The largest absolute Gasteiger partial charge is 0.453 e. The van der Waals surface area contributed by atoms with Crippen molar-refractivity contribution in [1.29, 1.82) is 0 Å². The Morgan fingerprint density at radius 1 is 1.12 bits per heavy atom. The monoisotopic (exact) mass is 568 g/mol. The van der Waals surface area contributed by atoms with Gasteiger partial charge in [-0.15, -0.1) is 0 Å². The second-order valence-corrected chi connectivity index (χ2v) is 10.4. The van der Waals surface area contributed by atoms with E-state index in [0.29, 0.717) is 50.9 Å². The number of nitrogens with two attached hydrogens (primary N) is 1. The van der Waals surface area contributed by atoms with Gasteiger partial charge in [-0.2, -0.15) is 5.10 Å². The number of ether oxygens (including phenoxy) is 2. The zero-order chi connectivity index (χ0) is 29.2. The Kier molecular flexibility index (Phi) is 7.56. The van der Waals surface area contributed by atoms with Crippen LogP contribution in [0.2, 0.25) is 0 Å². The average molecular weight is 569 g/mol. The molecule has 1 amide bonds. The van der Waals surface area contributed by atoms with Crippen molar-refractivity contribution in [2.75, 3.05) is 48.9 Å². The second kappa shape index (κ2) is 11.6. The van der Waals surface area contributed by atoms with E-state index < -0.39 is 0 Å². The Hall–Kier alpha value is -4.80. The van der Waals surface area contributed by atoms with Crippen molar-refractivity contribution in [2.24, 2.45) is 0 Å². The van der Waals surface area contributed by atoms with Gasteiger partial charge in [0.1, 0.15) is 17.8 Å². The molecule has 218 valence electrons. The Morgan fingerprint density at radius 2 is 1.90 bits per heavy atom. The SMILES string of the molecule is CC=CN1CCC[C@@H](n2nc(-c3ccc(NC(=O)c4ccc(N(CC)CC)cc4)c4c3OCO4)c3c(N)ncnc32)C1. The number of hydrogen-bond donors (Lipinski definition) is 2. The third-order valence-electron chi connectivity index (χ3n) is 7.93. The van der Waals surface area contributed by atoms with E-state index in [1.54, 1.807) is 0 Å². The van der Waals surface area contributed by atoms with Crippen molar-refractivity contribution < 1.29 is 14.3 Å². The fraction of sp³-hybridized carbons (Fsp3) is 0.355. The minimum Gasteiger partial charge on any atom is -0.453 e. The van der Waals surface area contributed by atoms with E-state index in [1.165, 1.54) is 6.33 Å². The van der Waals surface area contributed by atoms with Crippen LogP contribution in [-0.2, 0) is 0 Å². The minimum absolute atomic E-state index is 0.0271. The highest BCUT2D eigenvalue weighted by Crippen LogP contribution is 2.48. The molecule has 1 atom stereocenters. The Labute approximate surface area is 244 Å². The van der Waals surface area contributed by atoms with Gasteiger partial charge < -0.3 is 30.3 Å². The number of allylic oxidation sites excluding steroid dienone is 1. The highest BCUT2D eigenvalue weighted by Gasteiger charge is 2.30. The van der Waals surface area contributed by atoms with Crippen molar-refractivity contribution in [3.05, 3.63) is 60.6 Å². The summed E-state index contributed by atoms with van der Waals surface area (Å²) in [7, 11) is 0. The van der Waals surface area contributed by atoms with Crippen LogP contribution >= 0.6 is 0 Å². The molecule has 1 fully saturated rings. The number of piperidine rings is 1. The van der Waals surface area contributed by atoms with Gasteiger partial charge in [-0.1, -0.05) is 6.08 Å². The Morgan fingerprint density at radius 3 is 2.67 bits per heavy atom. The summed E-state index contributed by atoms with van der Waals surface area (Å²) in [6, 6.07) is 11.4. The summed E-state index contributed by atoms with van der Waals surface area (Å²) in [5.74, 6) is 1.07. The molecule has 6 rings (SSSR count). The molecule has 0 unspecified atom stereocenters. The molecule has 42 heavy (non-hydrogen) atoms. The first kappa shape index (κ1) is 27.4. The van der Waals surface area contributed by atoms with Crippen LogP contribution in [0.5, 0.6) is 11.5 Å². The Bertz CT molecular complexity index is 1630. The molecule has 2 aliphatic heterocycles. The molecule has 1 saturated heterocycles. The third kappa shape index (κ3) is 4.95. The van der Waals surface area contributed by atoms with Crippen LogP contribution < -0.4 is 25.4 Å². The number of anilines is 3. The van der Waals surface area contributed by atoms with Gasteiger partial charge in [-0.3, -0.25) is 4.79 Å². The van der Waals surface area contributed by atoms with E-state index >= 15 is 0 Å². The molecule has 4 aromatic rings. The number of fused-ring (bicyclic) bond motifs is 2. The van der Waals surface area contributed by atoms with Crippen LogP contribution in [0.15, 0.2) is 55.0 Å². The number of carbonyl (C=O) groups is 1. The van der Waals surface area contributed by atoms with E-state index in [2.05, 4.69) is 51.2 Å². The van der Waals surface area contributed by atoms with E-state index in [-0.39, 0.29) is 18.7 Å². The van der Waals surface area contributed by atoms with Gasteiger partial charge >= 0.3 is 0 Å². The standard InChI is InChI=1S/C31H36N8O3/c1-4-15-37-16-7-8-22(17-37)39-30-25(29(32)33-18-34-30)26(36-39)23-13-14-24(28-27(23)41-19-42-28)35-31(40)20-9-11-21(12-10-20)38(5-2)6-3/h4,9-15,18,22H,5-8,16-17,19H2,1-3H3,(H,35,40)(H2,32,33,34)/t22-/m1/s1. The number of benzene rings is 2. The van der Waals surface area contributed by atoms with Crippen LogP contribution in [-0.4, -0.2) is 63.5 Å². The lowest BCUT2D eigenvalue weighted by Gasteiger charge is -2.32. The van der Waals surface area contributed by atoms with E-state index in [9.17, 15) is 4.79 Å². The number of rotatable bonds is 8. The van der Waals surface area contributed by atoms with Crippen LogP contribution in [0.25, 0.3) is 22.3 Å². The molecule has 2 aliphatic rings. The predicted octanol–water partition coefficient (Wildman–Crippen LogP) is 5.07. The van der Waals surface area contributed by atoms with E-state index in [4.69, 9.17) is 20.3 Å². The summed E-state index contributed by atoms with van der Waals surface area (Å²) in [5.41, 5.74) is 10.6. The summed E-state index contributed by atoms with van der Waals surface area (Å²) >= 11 is 0. The van der Waals surface area contributed by atoms with Crippen LogP contribution in [0, 0.1) is 0 Å². The molecule has 0 saturated carbocycles. The maximum atomic E-state index is 13.2. The number of hydrogen-bond acceptors (Lipinski definition) is 9. The van der Waals surface area contributed by atoms with Crippen molar-refractivity contribution in [2.45, 2.75) is 39.7 Å². The van der Waals surface area contributed by atoms with Crippen molar-refractivity contribution in [3.8, 4) is 22.8 Å². The molecule has 4 heterocycles. The van der Waals surface area contributed by atoms with Gasteiger partial charge in [0.25, 0.3) is 5.91 Å². The van der Waals surface area contributed by atoms with Crippen molar-refractivity contribution in [1.82, 2.24) is 24.6 Å². The van der Waals surface area contributed by atoms with E-state index in [1.807, 2.05) is 48.0 Å². The first-order chi connectivity index (χ1) is 20.5. The number of nitrogens with one attached hydrogen (secondary N) is 1. The maximum absolute atomic E-state index is 13.2. The Balaban J connectivity index is 1.34. The molecule has 0 spiro atoms. The lowest BCUT2D eigenvalue weighted by molar-refractivity contribution is 0.102. The third-order valence-corrected chi connectivity index (χ3v) is 7.93. The van der Waals surface area contributed by atoms with Crippen molar-refractivity contribution >= 4 is 34.1 Å². The van der Waals surface area contributed by atoms with Gasteiger partial charge in [0.15, 0.2) is 17.1 Å². The maximum Gasteiger partial charge on any atom is 0.255 e. The number of aromatic nitrogens is 4. The smallest absolute Gasteiger partial charge is 0.255 e. The molecule has 0 bridgehead atoms. The highest BCUT2D eigenvalue weighted by atomic mass is 16.7. The summed E-state index contributed by atoms with van der Waals surface area (Å²) < 4.78 is 13.8. The molecule has 0 radical (unpaired) electrons. The molecule has 0 aliphatic carbocycles. The molecule has 3 N–H and O–H groups in total. The van der Waals surface area contributed by atoms with Gasteiger partial charge in [0.05, 0.1) is 17.1 Å². The predicted molar refractivity (Wildman–Crippen MR) is 164 cm³/mol. The fourth-order valence-electron chi connectivity index (χ4n) is 5.86. The number of carbonyl (C=O) groups excluding carboxylic acids is 1. The molecular weight excluding hydrogens is 532 g/mol. The van der Waals surface area contributed by atoms with Crippen molar-refractivity contribution in [3.63, 3.8) is 0 Å². The number of nitrogen functional groups attached to an aromatic ring is 1. The summed E-state index contributed by atoms with van der Waals surface area (Å²) in [5, 5.41) is 8.71. The topological polar surface area (TPSA) is 124 Å². The lowest BCUT2D eigenvalue weighted by atomic mass is 10.1. The normalized spacial score (nSPS) is 16.4. The quantitative estimate of drug-likeness (QED) is 0.300. The van der Waals surface area contributed by atoms with Crippen LogP contribution in [0.1, 0.15) is 50.0 Å². The molecule has 11 heteroatoms. The minimum atomic E-state index is -0.234. The average Bonchev–Trinajstić information content (AvgIpc) is 3.66. The van der Waals surface area contributed by atoms with Crippen LogP contribution in [0.4, 0.5) is 17.2 Å². The zero-order valence-electron chi connectivity index (χ0n) is 24.2. The second-order valence-electron chi connectivity index (χ2n) is 10.4. The first-order valence-corrected chi connectivity index (χ1v) is 14.5. The van der Waals surface area contributed by atoms with Gasteiger partial charge in [-0.25, -0.2) is 14.6 Å². The first-order valence-electron chi connectivity index (χ1n) is 14.5. The number of likely N-dealkylation sites (tertiary alicyclic amines) is 1. The molecule has 11 nitrogen and oxygen atoms in total. The summed E-state index contributed by atoms with van der Waals surface area (Å²) in [6.07, 6.45) is 7.67. The van der Waals surface area contributed by atoms with Gasteiger partial charge in [0.2, 0.25) is 6.79 Å². The molecule has 2 aromatic carbocycles. The number of nitrogens with zero attached hydrogens (tertiary/aromatic N) is 6. The molecule has 2 aromatic heterocycles. The van der Waals surface area contributed by atoms with E-state index in [0.717, 1.165) is 44.7 Å². The fourth-order valence-corrected chi connectivity index (χ4v) is 5.86. The zero-order valence-corrected chi connectivity index (χ0v) is 24.2. The lowest BCUT2D eigenvalue weighted by Crippen LogP contribution is -2.33. The van der Waals surface area contributed by atoms with Crippen LogP contribution in [0.3, 0.4) is 0 Å².